The molecule has 2 aromatic rings. The van der Waals surface area contributed by atoms with E-state index in [1.165, 1.54) is 0 Å². The van der Waals surface area contributed by atoms with Crippen molar-refractivity contribution in [2.75, 3.05) is 0 Å². The van der Waals surface area contributed by atoms with E-state index in [0.717, 1.165) is 22.8 Å². The molecule has 0 atom stereocenters. The van der Waals surface area contributed by atoms with Gasteiger partial charge in [0.05, 0.1) is 30.2 Å². The smallest absolute Gasteiger partial charge is 0.160 e. The lowest BCUT2D eigenvalue weighted by atomic mass is 10.1. The predicted octanol–water partition coefficient (Wildman–Crippen LogP) is 2.55. The summed E-state index contributed by atoms with van der Waals surface area (Å²) in [6.45, 7) is 1.39. The average molecular weight is 314 g/mol. The number of pyridine rings is 1. The molecule has 24 heavy (non-hydrogen) atoms. The van der Waals surface area contributed by atoms with Gasteiger partial charge in [-0.05, 0) is 29.8 Å². The van der Waals surface area contributed by atoms with Crippen LogP contribution in [0, 0.1) is 11.3 Å². The lowest BCUT2D eigenvalue weighted by Gasteiger charge is -2.13. The molecule has 0 spiro atoms. The van der Waals surface area contributed by atoms with E-state index in [4.69, 9.17) is 5.26 Å². The van der Waals surface area contributed by atoms with Crippen molar-refractivity contribution < 1.29 is 0 Å². The average Bonchev–Trinajstić information content (AvgIpc) is 3.26. The lowest BCUT2D eigenvalue weighted by Crippen LogP contribution is -2.10. The monoisotopic (exact) mass is 314 g/mol. The van der Waals surface area contributed by atoms with Crippen molar-refractivity contribution in [1.29, 1.82) is 5.26 Å². The highest BCUT2D eigenvalue weighted by Gasteiger charge is 2.11. The summed E-state index contributed by atoms with van der Waals surface area (Å²) in [6, 6.07) is 13.7. The third-order valence-corrected chi connectivity index (χ3v) is 3.96. The van der Waals surface area contributed by atoms with E-state index in [0.29, 0.717) is 18.7 Å². The van der Waals surface area contributed by atoms with Crippen molar-refractivity contribution in [2.24, 2.45) is 0 Å². The van der Waals surface area contributed by atoms with E-state index in [1.807, 2.05) is 55.1 Å². The number of nitriles is 1. The number of fused-ring (bicyclic) bond motifs is 1. The summed E-state index contributed by atoms with van der Waals surface area (Å²) in [7, 11) is 0. The van der Waals surface area contributed by atoms with Crippen LogP contribution in [0.4, 0.5) is 0 Å². The SMILES string of the molecule is N#Cc1ccc(Cn2cncc2Cn2cccc3ncnc2-3)cc1. The summed E-state index contributed by atoms with van der Waals surface area (Å²) in [5.41, 5.74) is 3.77. The zero-order chi connectivity index (χ0) is 16.4. The van der Waals surface area contributed by atoms with Crippen molar-refractivity contribution in [3.05, 3.63) is 78.3 Å². The Balaban J connectivity index is 1.58. The molecule has 3 heterocycles. The molecule has 0 amide bonds. The second kappa shape index (κ2) is 5.97. The molecule has 0 saturated heterocycles. The van der Waals surface area contributed by atoms with Gasteiger partial charge in [0, 0.05) is 18.9 Å². The standard InChI is InChI=1S/C18H14N6/c19-8-14-3-5-15(6-4-14)10-24-13-20-9-16(24)11-23-7-1-2-17-18(23)22-12-21-17/h1-7,9,12-13H,10-11H2. The van der Waals surface area contributed by atoms with Gasteiger partial charge in [-0.2, -0.15) is 5.26 Å². The Labute approximate surface area is 139 Å². The van der Waals surface area contributed by atoms with Crippen LogP contribution in [0.15, 0.2) is 61.4 Å². The van der Waals surface area contributed by atoms with Crippen LogP contribution in [-0.2, 0) is 13.1 Å². The molecule has 6 heteroatoms. The first-order valence-corrected chi connectivity index (χ1v) is 7.57. The van der Waals surface area contributed by atoms with Crippen LogP contribution in [-0.4, -0.2) is 24.1 Å². The highest BCUT2D eigenvalue weighted by Crippen LogP contribution is 2.18. The number of hydrogen-bond donors (Lipinski definition) is 0. The molecular weight excluding hydrogens is 300 g/mol. The van der Waals surface area contributed by atoms with E-state index in [2.05, 4.69) is 30.2 Å². The van der Waals surface area contributed by atoms with Gasteiger partial charge in [-0.15, -0.1) is 0 Å². The first kappa shape index (κ1) is 14.2. The molecule has 0 unspecified atom stereocenters. The third-order valence-electron chi connectivity index (χ3n) is 3.96. The Morgan fingerprint density at radius 2 is 1.88 bits per heavy atom. The summed E-state index contributed by atoms with van der Waals surface area (Å²) >= 11 is 0. The summed E-state index contributed by atoms with van der Waals surface area (Å²) < 4.78 is 4.16. The fourth-order valence-corrected chi connectivity index (χ4v) is 2.72. The molecule has 116 valence electrons. The number of imidazole rings is 2. The summed E-state index contributed by atoms with van der Waals surface area (Å²) in [6.07, 6.45) is 7.27. The van der Waals surface area contributed by atoms with Gasteiger partial charge in [0.15, 0.2) is 5.82 Å². The van der Waals surface area contributed by atoms with Crippen LogP contribution >= 0.6 is 0 Å². The minimum atomic E-state index is 0.668. The molecule has 0 bridgehead atoms. The first-order chi connectivity index (χ1) is 11.8. The van der Waals surface area contributed by atoms with Crippen molar-refractivity contribution >= 4 is 0 Å². The van der Waals surface area contributed by atoms with Crippen LogP contribution in [0.2, 0.25) is 0 Å². The number of hydrogen-bond acceptors (Lipinski definition) is 4. The fourth-order valence-electron chi connectivity index (χ4n) is 2.72. The molecule has 4 rings (SSSR count). The maximum absolute atomic E-state index is 8.88. The van der Waals surface area contributed by atoms with E-state index in [1.54, 1.807) is 6.33 Å². The van der Waals surface area contributed by atoms with Crippen molar-refractivity contribution in [2.45, 2.75) is 13.1 Å². The van der Waals surface area contributed by atoms with Gasteiger partial charge < -0.3 is 9.13 Å². The van der Waals surface area contributed by atoms with Crippen LogP contribution in [0.25, 0.3) is 11.5 Å². The van der Waals surface area contributed by atoms with Gasteiger partial charge in [-0.25, -0.2) is 15.0 Å². The summed E-state index contributed by atoms with van der Waals surface area (Å²) in [5.74, 6) is 0.864. The van der Waals surface area contributed by atoms with Gasteiger partial charge >= 0.3 is 0 Å². The maximum atomic E-state index is 8.88. The number of rotatable bonds is 4. The first-order valence-electron chi connectivity index (χ1n) is 7.57. The number of nitrogens with zero attached hydrogens (tertiary/aromatic N) is 6. The van der Waals surface area contributed by atoms with Gasteiger partial charge in [0.1, 0.15) is 12.0 Å². The molecule has 0 radical (unpaired) electrons. The van der Waals surface area contributed by atoms with Crippen LogP contribution in [0.1, 0.15) is 16.8 Å². The largest absolute Gasteiger partial charge is 0.328 e. The molecule has 2 aliphatic heterocycles. The molecule has 0 fully saturated rings. The third kappa shape index (κ3) is 2.63. The second-order valence-corrected chi connectivity index (χ2v) is 5.54. The highest BCUT2D eigenvalue weighted by atomic mass is 15.1. The van der Waals surface area contributed by atoms with Gasteiger partial charge in [0.2, 0.25) is 0 Å². The summed E-state index contributed by atoms with van der Waals surface area (Å²) in [5, 5.41) is 8.88. The van der Waals surface area contributed by atoms with Crippen LogP contribution < -0.4 is 0 Å². The number of benzene rings is 1. The molecule has 0 N–H and O–H groups in total. The molecule has 6 nitrogen and oxygen atoms in total. The molecule has 0 aliphatic carbocycles. The zero-order valence-electron chi connectivity index (χ0n) is 12.9. The molecule has 0 saturated carbocycles. The molecular formula is C18H14N6. The Morgan fingerprint density at radius 1 is 1.00 bits per heavy atom. The summed E-state index contributed by atoms with van der Waals surface area (Å²) in [4.78, 5) is 12.8. The Hall–Kier alpha value is -3.46. The molecule has 1 aromatic heterocycles. The van der Waals surface area contributed by atoms with E-state index in [9.17, 15) is 0 Å². The topological polar surface area (TPSA) is 72.3 Å². The predicted molar refractivity (Wildman–Crippen MR) is 88.2 cm³/mol. The quantitative estimate of drug-likeness (QED) is 0.580. The van der Waals surface area contributed by atoms with E-state index < -0.39 is 0 Å². The Bertz CT molecular complexity index is 973. The maximum Gasteiger partial charge on any atom is 0.160 e. The molecule has 2 aliphatic rings. The minimum absolute atomic E-state index is 0.668. The normalized spacial score (nSPS) is 10.8. The second-order valence-electron chi connectivity index (χ2n) is 5.54. The zero-order valence-corrected chi connectivity index (χ0v) is 12.9. The number of aromatic nitrogens is 5. The van der Waals surface area contributed by atoms with Gasteiger partial charge in [0.25, 0.3) is 0 Å². The molecule has 1 aromatic carbocycles. The van der Waals surface area contributed by atoms with Gasteiger partial charge in [-0.3, -0.25) is 0 Å². The Kier molecular flexibility index (Phi) is 3.52. The Morgan fingerprint density at radius 3 is 2.71 bits per heavy atom. The lowest BCUT2D eigenvalue weighted by molar-refractivity contribution is 0.682. The fraction of sp³-hybridized carbons (Fsp3) is 0.111. The van der Waals surface area contributed by atoms with Crippen molar-refractivity contribution in [1.82, 2.24) is 24.1 Å². The van der Waals surface area contributed by atoms with E-state index in [-0.39, 0.29) is 0 Å². The van der Waals surface area contributed by atoms with Gasteiger partial charge in [-0.1, -0.05) is 12.1 Å². The van der Waals surface area contributed by atoms with Crippen molar-refractivity contribution in [3.63, 3.8) is 0 Å². The van der Waals surface area contributed by atoms with Crippen LogP contribution in [0.5, 0.6) is 0 Å². The van der Waals surface area contributed by atoms with Crippen LogP contribution in [0.3, 0.4) is 0 Å². The highest BCUT2D eigenvalue weighted by molar-refractivity contribution is 5.50. The minimum Gasteiger partial charge on any atom is -0.328 e. The van der Waals surface area contributed by atoms with Crippen molar-refractivity contribution in [3.8, 4) is 17.6 Å². The van der Waals surface area contributed by atoms with E-state index >= 15 is 0 Å².